The molecule has 0 N–H and O–H groups in total. The molecule has 0 atom stereocenters. The van der Waals surface area contributed by atoms with Crippen LogP contribution in [0.1, 0.15) is 19.8 Å². The minimum atomic E-state index is -3.28. The Hall–Kier alpha value is -1.69. The third-order valence-electron chi connectivity index (χ3n) is 4.84. The van der Waals surface area contributed by atoms with E-state index in [4.69, 9.17) is 4.74 Å². The number of hydrogen-bond acceptors (Lipinski definition) is 5. The molecule has 0 unspecified atom stereocenters. The standard InChI is InChI=1S/C18H23F2N3O4S2/c1-3-27-9-8-23-16-14(20)10-13(19)11-15(16)28-18(23)21-17(24)12-4-6-22(7-5-12)29(2,25)26/h10-12H,3-9H2,1-2H3. The van der Waals surface area contributed by atoms with E-state index in [2.05, 4.69) is 4.99 Å². The second-order valence-electron chi connectivity index (χ2n) is 6.85. The molecule has 1 amide bonds. The van der Waals surface area contributed by atoms with E-state index in [1.165, 1.54) is 14.9 Å². The molecule has 160 valence electrons. The highest BCUT2D eigenvalue weighted by molar-refractivity contribution is 7.88. The molecule has 2 heterocycles. The van der Waals surface area contributed by atoms with Crippen molar-refractivity contribution in [1.29, 1.82) is 0 Å². The van der Waals surface area contributed by atoms with Crippen LogP contribution in [-0.2, 0) is 26.1 Å². The highest BCUT2D eigenvalue weighted by Gasteiger charge is 2.29. The second-order valence-corrected chi connectivity index (χ2v) is 9.85. The fourth-order valence-corrected chi connectivity index (χ4v) is 5.32. The summed E-state index contributed by atoms with van der Waals surface area (Å²) in [6.07, 6.45) is 1.90. The highest BCUT2D eigenvalue weighted by Crippen LogP contribution is 2.23. The third-order valence-corrected chi connectivity index (χ3v) is 7.17. The lowest BCUT2D eigenvalue weighted by molar-refractivity contribution is -0.122. The van der Waals surface area contributed by atoms with Crippen molar-refractivity contribution in [2.24, 2.45) is 10.9 Å². The quantitative estimate of drug-likeness (QED) is 0.636. The molecule has 1 fully saturated rings. The Morgan fingerprint density at radius 1 is 1.31 bits per heavy atom. The molecule has 11 heteroatoms. The summed E-state index contributed by atoms with van der Waals surface area (Å²) in [5, 5.41) is 0. The zero-order chi connectivity index (χ0) is 21.2. The zero-order valence-corrected chi connectivity index (χ0v) is 17.9. The summed E-state index contributed by atoms with van der Waals surface area (Å²) < 4.78 is 59.8. The molecular formula is C18H23F2N3O4S2. The molecule has 1 aliphatic heterocycles. The molecule has 0 bridgehead atoms. The van der Waals surface area contributed by atoms with Gasteiger partial charge in [0.25, 0.3) is 5.91 Å². The molecule has 0 saturated carbocycles. The van der Waals surface area contributed by atoms with Gasteiger partial charge in [-0.05, 0) is 25.8 Å². The number of halogens is 2. The number of ether oxygens (including phenoxy) is 1. The molecule has 7 nitrogen and oxygen atoms in total. The molecule has 1 aromatic heterocycles. The summed E-state index contributed by atoms with van der Waals surface area (Å²) in [6, 6.07) is 2.02. The van der Waals surface area contributed by atoms with Gasteiger partial charge in [0.05, 0.1) is 23.1 Å². The number of piperidine rings is 1. The van der Waals surface area contributed by atoms with Crippen LogP contribution in [0.5, 0.6) is 0 Å². The van der Waals surface area contributed by atoms with Gasteiger partial charge in [-0.1, -0.05) is 11.3 Å². The monoisotopic (exact) mass is 447 g/mol. The number of carbonyl (C=O) groups is 1. The average molecular weight is 448 g/mol. The van der Waals surface area contributed by atoms with E-state index in [0.29, 0.717) is 30.8 Å². The first-order valence-corrected chi connectivity index (χ1v) is 12.0. The van der Waals surface area contributed by atoms with Gasteiger partial charge in [0, 0.05) is 38.2 Å². The van der Waals surface area contributed by atoms with E-state index < -0.39 is 27.6 Å². The smallest absolute Gasteiger partial charge is 0.251 e. The van der Waals surface area contributed by atoms with Crippen LogP contribution in [0.3, 0.4) is 0 Å². The molecule has 29 heavy (non-hydrogen) atoms. The maximum absolute atomic E-state index is 14.4. The van der Waals surface area contributed by atoms with Crippen molar-refractivity contribution < 1.29 is 26.7 Å². The maximum atomic E-state index is 14.4. The summed E-state index contributed by atoms with van der Waals surface area (Å²) in [5.41, 5.74) is 0.189. The lowest BCUT2D eigenvalue weighted by atomic mass is 9.98. The SMILES string of the molecule is CCOCCn1c(=NC(=O)C2CCN(S(C)(=O)=O)CC2)sc2cc(F)cc(F)c21. The van der Waals surface area contributed by atoms with E-state index in [1.807, 2.05) is 6.92 Å². The molecule has 0 radical (unpaired) electrons. The van der Waals surface area contributed by atoms with Gasteiger partial charge in [-0.25, -0.2) is 21.5 Å². The molecule has 1 aromatic carbocycles. The van der Waals surface area contributed by atoms with Gasteiger partial charge in [0.2, 0.25) is 10.0 Å². The summed E-state index contributed by atoms with van der Waals surface area (Å²) in [6.45, 7) is 3.43. The van der Waals surface area contributed by atoms with Crippen LogP contribution in [0.15, 0.2) is 17.1 Å². The van der Waals surface area contributed by atoms with Crippen molar-refractivity contribution in [3.05, 3.63) is 28.6 Å². The Balaban J connectivity index is 1.91. The predicted octanol–water partition coefficient (Wildman–Crippen LogP) is 2.12. The fourth-order valence-electron chi connectivity index (χ4n) is 3.34. The predicted molar refractivity (Wildman–Crippen MR) is 106 cm³/mol. The number of aromatic nitrogens is 1. The number of nitrogens with zero attached hydrogens (tertiary/aromatic N) is 3. The lowest BCUT2D eigenvalue weighted by Gasteiger charge is -2.28. The van der Waals surface area contributed by atoms with Crippen molar-refractivity contribution >= 4 is 37.5 Å². The van der Waals surface area contributed by atoms with Gasteiger partial charge in [-0.2, -0.15) is 4.99 Å². The number of thiazole rings is 1. The van der Waals surface area contributed by atoms with E-state index in [0.717, 1.165) is 23.7 Å². The van der Waals surface area contributed by atoms with Gasteiger partial charge in [0.1, 0.15) is 5.82 Å². The van der Waals surface area contributed by atoms with Gasteiger partial charge in [-0.15, -0.1) is 0 Å². The first-order chi connectivity index (χ1) is 13.7. The fraction of sp³-hybridized carbons (Fsp3) is 0.556. The zero-order valence-electron chi connectivity index (χ0n) is 16.2. The Labute approximate surface area is 171 Å². The van der Waals surface area contributed by atoms with Crippen LogP contribution < -0.4 is 4.80 Å². The Morgan fingerprint density at radius 2 is 2.00 bits per heavy atom. The summed E-state index contributed by atoms with van der Waals surface area (Å²) in [7, 11) is -3.28. The maximum Gasteiger partial charge on any atom is 0.251 e. The van der Waals surface area contributed by atoms with Crippen LogP contribution >= 0.6 is 11.3 Å². The second kappa shape index (κ2) is 8.99. The van der Waals surface area contributed by atoms with Crippen molar-refractivity contribution in [1.82, 2.24) is 8.87 Å². The van der Waals surface area contributed by atoms with Gasteiger partial charge in [-0.3, -0.25) is 4.79 Å². The summed E-state index contributed by atoms with van der Waals surface area (Å²) in [5.74, 6) is -2.20. The topological polar surface area (TPSA) is 81.0 Å². The Bertz CT molecular complexity index is 1070. The van der Waals surface area contributed by atoms with Crippen LogP contribution in [0.4, 0.5) is 8.78 Å². The van der Waals surface area contributed by atoms with E-state index in [1.54, 1.807) is 0 Å². The molecule has 3 rings (SSSR count). The van der Waals surface area contributed by atoms with Crippen LogP contribution in [-0.4, -0.2) is 55.8 Å². The van der Waals surface area contributed by atoms with Crippen molar-refractivity contribution in [2.45, 2.75) is 26.3 Å². The summed E-state index contributed by atoms with van der Waals surface area (Å²) >= 11 is 1.04. The number of fused-ring (bicyclic) bond motifs is 1. The van der Waals surface area contributed by atoms with Crippen LogP contribution in [0.25, 0.3) is 10.2 Å². The first-order valence-electron chi connectivity index (χ1n) is 9.30. The molecular weight excluding hydrogens is 424 g/mol. The first kappa shape index (κ1) is 22.0. The van der Waals surface area contributed by atoms with Crippen LogP contribution in [0.2, 0.25) is 0 Å². The number of carbonyl (C=O) groups excluding carboxylic acids is 1. The van der Waals surface area contributed by atoms with Crippen molar-refractivity contribution in [3.63, 3.8) is 0 Å². The molecule has 2 aromatic rings. The number of amides is 1. The third kappa shape index (κ3) is 5.08. The molecule has 1 saturated heterocycles. The number of rotatable bonds is 6. The van der Waals surface area contributed by atoms with Gasteiger partial charge < -0.3 is 9.30 Å². The lowest BCUT2D eigenvalue weighted by Crippen LogP contribution is -2.39. The van der Waals surface area contributed by atoms with Gasteiger partial charge >= 0.3 is 0 Å². The van der Waals surface area contributed by atoms with Crippen molar-refractivity contribution in [2.75, 3.05) is 32.6 Å². The minimum absolute atomic E-state index is 0.189. The normalized spacial score (nSPS) is 17.3. The largest absolute Gasteiger partial charge is 0.380 e. The Kier molecular flexibility index (Phi) is 6.82. The Morgan fingerprint density at radius 3 is 2.62 bits per heavy atom. The molecule has 0 spiro atoms. The highest BCUT2D eigenvalue weighted by atomic mass is 32.2. The number of benzene rings is 1. The van der Waals surface area contributed by atoms with E-state index in [9.17, 15) is 22.0 Å². The molecule has 1 aliphatic rings. The minimum Gasteiger partial charge on any atom is -0.380 e. The summed E-state index contributed by atoms with van der Waals surface area (Å²) in [4.78, 5) is 17.2. The van der Waals surface area contributed by atoms with E-state index in [-0.39, 0.29) is 35.9 Å². The van der Waals surface area contributed by atoms with E-state index >= 15 is 0 Å². The van der Waals surface area contributed by atoms with Crippen molar-refractivity contribution in [3.8, 4) is 0 Å². The number of sulfonamides is 1. The van der Waals surface area contributed by atoms with Gasteiger partial charge in [0.15, 0.2) is 10.6 Å². The average Bonchev–Trinajstić information content (AvgIpc) is 2.98. The van der Waals surface area contributed by atoms with Crippen LogP contribution in [0, 0.1) is 17.6 Å². The number of hydrogen-bond donors (Lipinski definition) is 0. The molecule has 0 aliphatic carbocycles.